The third-order valence-corrected chi connectivity index (χ3v) is 2.61. The number of nitrogens with zero attached hydrogens (tertiary/aromatic N) is 2. The Balaban J connectivity index is 2.68. The summed E-state index contributed by atoms with van der Waals surface area (Å²) in [5.41, 5.74) is 0.548. The highest BCUT2D eigenvalue weighted by Gasteiger charge is 2.13. The van der Waals surface area contributed by atoms with Gasteiger partial charge in [0.25, 0.3) is 5.91 Å². The molecule has 100 valence electrons. The fraction of sp³-hybridized carbons (Fsp3) is 0.538. The number of aliphatic hydroxyl groups is 1. The molecule has 0 saturated heterocycles. The van der Waals surface area contributed by atoms with E-state index in [2.05, 4.69) is 17.2 Å². The summed E-state index contributed by atoms with van der Waals surface area (Å²) in [6.45, 7) is 5.74. The predicted octanol–water partition coefficient (Wildman–Crippen LogP) is 1.36. The molecule has 2 N–H and O–H groups in total. The molecule has 0 unspecified atom stereocenters. The minimum absolute atomic E-state index is 0.0247. The standard InChI is InChI=1S/C13H21N3O2/c1-3-7-14-12-6-5-11(10-15-12)13(18)16(4-2)8-9-17/h5-6,10,17H,3-4,7-9H2,1-2H3,(H,14,15). The number of aliphatic hydroxyl groups excluding tert-OH is 1. The normalized spacial score (nSPS) is 10.2. The van der Waals surface area contributed by atoms with Crippen molar-refractivity contribution >= 4 is 11.7 Å². The fourth-order valence-corrected chi connectivity index (χ4v) is 1.58. The Kier molecular flexibility index (Phi) is 6.14. The van der Waals surface area contributed by atoms with Gasteiger partial charge in [-0.1, -0.05) is 6.92 Å². The van der Waals surface area contributed by atoms with Gasteiger partial charge in [-0.25, -0.2) is 4.98 Å². The zero-order chi connectivity index (χ0) is 13.4. The first-order chi connectivity index (χ1) is 8.72. The molecule has 0 aromatic carbocycles. The maximum atomic E-state index is 12.0. The molecule has 0 aliphatic heterocycles. The lowest BCUT2D eigenvalue weighted by atomic mass is 10.2. The topological polar surface area (TPSA) is 65.5 Å². The summed E-state index contributed by atoms with van der Waals surface area (Å²) in [6.07, 6.45) is 2.60. The Morgan fingerprint density at radius 1 is 1.44 bits per heavy atom. The second-order valence-corrected chi connectivity index (χ2v) is 3.97. The van der Waals surface area contributed by atoms with Gasteiger partial charge in [0.15, 0.2) is 0 Å². The van der Waals surface area contributed by atoms with Gasteiger partial charge >= 0.3 is 0 Å². The highest BCUT2D eigenvalue weighted by atomic mass is 16.3. The van der Waals surface area contributed by atoms with Gasteiger partial charge in [-0.2, -0.15) is 0 Å². The fourth-order valence-electron chi connectivity index (χ4n) is 1.58. The zero-order valence-electron chi connectivity index (χ0n) is 11.0. The molecule has 0 bridgehead atoms. The summed E-state index contributed by atoms with van der Waals surface area (Å²) in [7, 11) is 0. The number of carbonyl (C=O) groups is 1. The van der Waals surface area contributed by atoms with E-state index in [4.69, 9.17) is 5.11 Å². The number of carbonyl (C=O) groups excluding carboxylic acids is 1. The smallest absolute Gasteiger partial charge is 0.255 e. The molecule has 1 amide bonds. The zero-order valence-corrected chi connectivity index (χ0v) is 11.0. The van der Waals surface area contributed by atoms with Gasteiger partial charge in [-0.15, -0.1) is 0 Å². The number of hydrogen-bond acceptors (Lipinski definition) is 4. The summed E-state index contributed by atoms with van der Waals surface area (Å²) in [5, 5.41) is 12.0. The lowest BCUT2D eigenvalue weighted by Gasteiger charge is -2.19. The summed E-state index contributed by atoms with van der Waals surface area (Å²) < 4.78 is 0. The van der Waals surface area contributed by atoms with Gasteiger partial charge in [-0.3, -0.25) is 4.79 Å². The van der Waals surface area contributed by atoms with Crippen LogP contribution in [-0.2, 0) is 0 Å². The van der Waals surface area contributed by atoms with E-state index in [0.29, 0.717) is 18.7 Å². The van der Waals surface area contributed by atoms with Crippen LogP contribution in [0.15, 0.2) is 18.3 Å². The van der Waals surface area contributed by atoms with Crippen LogP contribution in [0, 0.1) is 0 Å². The maximum Gasteiger partial charge on any atom is 0.255 e. The van der Waals surface area contributed by atoms with Crippen molar-refractivity contribution in [3.8, 4) is 0 Å². The Morgan fingerprint density at radius 3 is 2.72 bits per heavy atom. The molecule has 0 atom stereocenters. The van der Waals surface area contributed by atoms with Crippen molar-refractivity contribution in [1.82, 2.24) is 9.88 Å². The molecule has 0 saturated carbocycles. The van der Waals surface area contributed by atoms with Crippen LogP contribution in [-0.4, -0.2) is 47.1 Å². The molecule has 0 fully saturated rings. The highest BCUT2D eigenvalue weighted by Crippen LogP contribution is 2.08. The van der Waals surface area contributed by atoms with Crippen molar-refractivity contribution in [1.29, 1.82) is 0 Å². The molecule has 5 nitrogen and oxygen atoms in total. The molecule has 1 heterocycles. The SMILES string of the molecule is CCCNc1ccc(C(=O)N(CC)CCO)cn1. The number of aromatic nitrogens is 1. The largest absolute Gasteiger partial charge is 0.395 e. The van der Waals surface area contributed by atoms with Gasteiger partial charge in [0, 0.05) is 25.8 Å². The van der Waals surface area contributed by atoms with E-state index in [0.717, 1.165) is 18.8 Å². The maximum absolute atomic E-state index is 12.0. The molecule has 1 aromatic heterocycles. The van der Waals surface area contributed by atoms with E-state index in [1.807, 2.05) is 6.92 Å². The van der Waals surface area contributed by atoms with Crippen LogP contribution in [0.2, 0.25) is 0 Å². The van der Waals surface area contributed by atoms with Gasteiger partial charge in [0.1, 0.15) is 5.82 Å². The van der Waals surface area contributed by atoms with E-state index in [1.165, 1.54) is 0 Å². The summed E-state index contributed by atoms with van der Waals surface area (Å²) in [5.74, 6) is 0.680. The second-order valence-electron chi connectivity index (χ2n) is 3.97. The van der Waals surface area contributed by atoms with Crippen molar-refractivity contribution in [2.45, 2.75) is 20.3 Å². The van der Waals surface area contributed by atoms with E-state index in [9.17, 15) is 4.79 Å². The highest BCUT2D eigenvalue weighted by molar-refractivity contribution is 5.94. The van der Waals surface area contributed by atoms with E-state index in [1.54, 1.807) is 23.2 Å². The van der Waals surface area contributed by atoms with Crippen LogP contribution in [0.5, 0.6) is 0 Å². The number of anilines is 1. The van der Waals surface area contributed by atoms with Crippen molar-refractivity contribution in [3.63, 3.8) is 0 Å². The number of pyridine rings is 1. The van der Waals surface area contributed by atoms with Gasteiger partial charge in [0.05, 0.1) is 12.2 Å². The van der Waals surface area contributed by atoms with E-state index in [-0.39, 0.29) is 12.5 Å². The van der Waals surface area contributed by atoms with Gasteiger partial charge < -0.3 is 15.3 Å². The summed E-state index contributed by atoms with van der Waals surface area (Å²) in [6, 6.07) is 3.56. The quantitative estimate of drug-likeness (QED) is 0.768. The van der Waals surface area contributed by atoms with E-state index >= 15 is 0 Å². The van der Waals surface area contributed by atoms with Crippen LogP contribution in [0.4, 0.5) is 5.82 Å². The van der Waals surface area contributed by atoms with Crippen LogP contribution < -0.4 is 5.32 Å². The Bertz CT molecular complexity index is 365. The monoisotopic (exact) mass is 251 g/mol. The lowest BCUT2D eigenvalue weighted by Crippen LogP contribution is -2.33. The van der Waals surface area contributed by atoms with Crippen LogP contribution >= 0.6 is 0 Å². The molecule has 1 rings (SSSR count). The number of nitrogens with one attached hydrogen (secondary N) is 1. The first kappa shape index (κ1) is 14.4. The van der Waals surface area contributed by atoms with Gasteiger partial charge in [0.2, 0.25) is 0 Å². The molecule has 1 aromatic rings. The minimum Gasteiger partial charge on any atom is -0.395 e. The average molecular weight is 251 g/mol. The third kappa shape index (κ3) is 4.00. The van der Waals surface area contributed by atoms with Crippen LogP contribution in [0.3, 0.4) is 0 Å². The first-order valence-electron chi connectivity index (χ1n) is 6.33. The Labute approximate surface area is 108 Å². The molecule has 18 heavy (non-hydrogen) atoms. The minimum atomic E-state index is -0.0962. The molecule has 0 spiro atoms. The molecular formula is C13H21N3O2. The lowest BCUT2D eigenvalue weighted by molar-refractivity contribution is 0.0731. The van der Waals surface area contributed by atoms with E-state index < -0.39 is 0 Å². The number of likely N-dealkylation sites (N-methyl/N-ethyl adjacent to an activating group) is 1. The van der Waals surface area contributed by atoms with Crippen LogP contribution in [0.25, 0.3) is 0 Å². The summed E-state index contributed by atoms with van der Waals surface area (Å²) >= 11 is 0. The Morgan fingerprint density at radius 2 is 2.22 bits per heavy atom. The van der Waals surface area contributed by atoms with Crippen molar-refractivity contribution in [2.24, 2.45) is 0 Å². The average Bonchev–Trinajstić information content (AvgIpc) is 2.42. The molecule has 0 radical (unpaired) electrons. The van der Waals surface area contributed by atoms with Crippen molar-refractivity contribution < 1.29 is 9.90 Å². The molecule has 0 aliphatic carbocycles. The third-order valence-electron chi connectivity index (χ3n) is 2.61. The van der Waals surface area contributed by atoms with Crippen LogP contribution in [0.1, 0.15) is 30.6 Å². The number of rotatable bonds is 7. The number of amides is 1. The van der Waals surface area contributed by atoms with Gasteiger partial charge in [-0.05, 0) is 25.5 Å². The summed E-state index contributed by atoms with van der Waals surface area (Å²) in [4.78, 5) is 17.8. The Hall–Kier alpha value is -1.62. The van der Waals surface area contributed by atoms with Crippen molar-refractivity contribution in [2.75, 3.05) is 31.6 Å². The first-order valence-corrected chi connectivity index (χ1v) is 6.33. The number of hydrogen-bond donors (Lipinski definition) is 2. The molecule has 0 aliphatic rings. The molecule has 5 heteroatoms. The predicted molar refractivity (Wildman–Crippen MR) is 71.7 cm³/mol. The molecular weight excluding hydrogens is 230 g/mol. The van der Waals surface area contributed by atoms with Crippen molar-refractivity contribution in [3.05, 3.63) is 23.9 Å². The second kappa shape index (κ2) is 7.66.